The highest BCUT2D eigenvalue weighted by Gasteiger charge is 2.00. The molecule has 1 aromatic rings. The van der Waals surface area contributed by atoms with Crippen molar-refractivity contribution in [2.45, 2.75) is 26.7 Å². The summed E-state index contributed by atoms with van der Waals surface area (Å²) in [4.78, 5) is 11.0. The van der Waals surface area contributed by atoms with Gasteiger partial charge in [-0.3, -0.25) is 4.79 Å². The van der Waals surface area contributed by atoms with Crippen LogP contribution in [0.5, 0.6) is 0 Å². The van der Waals surface area contributed by atoms with E-state index in [0.717, 1.165) is 24.6 Å². The second-order valence-corrected chi connectivity index (χ2v) is 4.41. The first-order valence-electron chi connectivity index (χ1n) is 5.73. The van der Waals surface area contributed by atoms with E-state index < -0.39 is 0 Å². The Labute approximate surface area is 97.0 Å². The van der Waals surface area contributed by atoms with Gasteiger partial charge in [-0.1, -0.05) is 19.9 Å². The molecule has 1 rings (SSSR count). The Bertz CT molecular complexity index is 348. The van der Waals surface area contributed by atoms with E-state index in [-0.39, 0.29) is 5.91 Å². The van der Waals surface area contributed by atoms with E-state index in [2.05, 4.69) is 19.2 Å². The van der Waals surface area contributed by atoms with Crippen molar-refractivity contribution in [1.82, 2.24) is 0 Å². The third-order valence-corrected chi connectivity index (χ3v) is 2.43. The Balaban J connectivity index is 2.42. The zero-order valence-corrected chi connectivity index (χ0v) is 9.99. The molecule has 1 aromatic carbocycles. The lowest BCUT2D eigenvalue weighted by atomic mass is 10.1. The van der Waals surface area contributed by atoms with Gasteiger partial charge in [0.05, 0.1) is 0 Å². The fourth-order valence-electron chi connectivity index (χ4n) is 1.53. The lowest BCUT2D eigenvalue weighted by molar-refractivity contribution is 0.100. The molecular formula is C13H20N2O. The maximum Gasteiger partial charge on any atom is 0.248 e. The molecule has 0 radical (unpaired) electrons. The van der Waals surface area contributed by atoms with Crippen molar-refractivity contribution < 1.29 is 4.79 Å². The van der Waals surface area contributed by atoms with Crippen LogP contribution >= 0.6 is 0 Å². The number of rotatable bonds is 6. The van der Waals surface area contributed by atoms with Gasteiger partial charge >= 0.3 is 0 Å². The number of amides is 1. The average molecular weight is 220 g/mol. The Morgan fingerprint density at radius 1 is 1.44 bits per heavy atom. The molecule has 3 N–H and O–H groups in total. The van der Waals surface area contributed by atoms with Gasteiger partial charge in [0.1, 0.15) is 0 Å². The molecule has 16 heavy (non-hydrogen) atoms. The zero-order chi connectivity index (χ0) is 12.0. The van der Waals surface area contributed by atoms with Crippen LogP contribution in [0.4, 0.5) is 5.69 Å². The smallest absolute Gasteiger partial charge is 0.248 e. The monoisotopic (exact) mass is 220 g/mol. The number of carbonyl (C=O) groups excluding carboxylic acids is 1. The van der Waals surface area contributed by atoms with Crippen LogP contribution in [-0.2, 0) is 0 Å². The van der Waals surface area contributed by atoms with Gasteiger partial charge in [0.15, 0.2) is 0 Å². The van der Waals surface area contributed by atoms with Crippen molar-refractivity contribution in [2.75, 3.05) is 11.9 Å². The van der Waals surface area contributed by atoms with E-state index in [1.807, 2.05) is 12.1 Å². The molecule has 0 heterocycles. The van der Waals surface area contributed by atoms with Gasteiger partial charge in [-0.25, -0.2) is 0 Å². The van der Waals surface area contributed by atoms with Crippen LogP contribution < -0.4 is 11.1 Å². The van der Waals surface area contributed by atoms with Gasteiger partial charge < -0.3 is 11.1 Å². The van der Waals surface area contributed by atoms with E-state index in [1.165, 1.54) is 6.42 Å². The maximum absolute atomic E-state index is 11.0. The fourth-order valence-corrected chi connectivity index (χ4v) is 1.53. The molecule has 0 aromatic heterocycles. The Morgan fingerprint density at radius 3 is 2.81 bits per heavy atom. The van der Waals surface area contributed by atoms with Crippen LogP contribution in [0.2, 0.25) is 0 Å². The predicted molar refractivity (Wildman–Crippen MR) is 67.5 cm³/mol. The summed E-state index contributed by atoms with van der Waals surface area (Å²) >= 11 is 0. The zero-order valence-electron chi connectivity index (χ0n) is 9.99. The van der Waals surface area contributed by atoms with E-state index in [9.17, 15) is 4.79 Å². The minimum atomic E-state index is -0.383. The highest BCUT2D eigenvalue weighted by Crippen LogP contribution is 2.11. The molecule has 0 saturated heterocycles. The Hall–Kier alpha value is -1.51. The largest absolute Gasteiger partial charge is 0.385 e. The highest BCUT2D eigenvalue weighted by atomic mass is 16.1. The molecule has 0 aliphatic rings. The number of carbonyl (C=O) groups is 1. The van der Waals surface area contributed by atoms with Crippen molar-refractivity contribution in [2.24, 2.45) is 11.7 Å². The number of hydrogen-bond donors (Lipinski definition) is 2. The summed E-state index contributed by atoms with van der Waals surface area (Å²) in [6, 6.07) is 7.30. The van der Waals surface area contributed by atoms with Gasteiger partial charge in [-0.15, -0.1) is 0 Å². The summed E-state index contributed by atoms with van der Waals surface area (Å²) in [7, 11) is 0. The third-order valence-electron chi connectivity index (χ3n) is 2.43. The van der Waals surface area contributed by atoms with Crippen LogP contribution in [0, 0.1) is 5.92 Å². The summed E-state index contributed by atoms with van der Waals surface area (Å²) in [5, 5.41) is 3.29. The van der Waals surface area contributed by atoms with Crippen LogP contribution in [0.15, 0.2) is 24.3 Å². The molecule has 0 aliphatic heterocycles. The summed E-state index contributed by atoms with van der Waals surface area (Å²) in [6.45, 7) is 5.36. The number of nitrogens with two attached hydrogens (primary N) is 1. The molecule has 0 saturated carbocycles. The molecule has 3 nitrogen and oxygen atoms in total. The average Bonchev–Trinajstić information content (AvgIpc) is 2.24. The number of nitrogens with one attached hydrogen (secondary N) is 1. The molecular weight excluding hydrogens is 200 g/mol. The van der Waals surface area contributed by atoms with Gasteiger partial charge in [-0.2, -0.15) is 0 Å². The first-order chi connectivity index (χ1) is 7.59. The van der Waals surface area contributed by atoms with Crippen LogP contribution in [0.1, 0.15) is 37.0 Å². The second-order valence-electron chi connectivity index (χ2n) is 4.41. The quantitative estimate of drug-likeness (QED) is 0.724. The highest BCUT2D eigenvalue weighted by molar-refractivity contribution is 5.93. The number of hydrogen-bond acceptors (Lipinski definition) is 2. The Kier molecular flexibility index (Phi) is 4.83. The van der Waals surface area contributed by atoms with E-state index in [0.29, 0.717) is 5.56 Å². The minimum absolute atomic E-state index is 0.383. The van der Waals surface area contributed by atoms with Crippen molar-refractivity contribution in [3.05, 3.63) is 29.8 Å². The van der Waals surface area contributed by atoms with E-state index in [1.54, 1.807) is 12.1 Å². The van der Waals surface area contributed by atoms with Gasteiger partial charge in [0.2, 0.25) is 5.91 Å². The molecule has 0 spiro atoms. The molecule has 3 heteroatoms. The summed E-state index contributed by atoms with van der Waals surface area (Å²) in [5.74, 6) is 0.351. The third kappa shape index (κ3) is 4.34. The van der Waals surface area contributed by atoms with Crippen molar-refractivity contribution in [1.29, 1.82) is 0 Å². The normalized spacial score (nSPS) is 10.4. The number of anilines is 1. The lowest BCUT2D eigenvalue weighted by Crippen LogP contribution is -2.11. The lowest BCUT2D eigenvalue weighted by Gasteiger charge is -2.08. The van der Waals surface area contributed by atoms with Crippen molar-refractivity contribution in [3.8, 4) is 0 Å². The second kappa shape index (κ2) is 6.16. The topological polar surface area (TPSA) is 55.1 Å². The number of benzene rings is 1. The molecule has 0 atom stereocenters. The molecule has 0 unspecified atom stereocenters. The molecule has 0 fully saturated rings. The van der Waals surface area contributed by atoms with Crippen LogP contribution in [-0.4, -0.2) is 12.5 Å². The number of primary amides is 1. The van der Waals surface area contributed by atoms with Gasteiger partial charge in [-0.05, 0) is 37.0 Å². The minimum Gasteiger partial charge on any atom is -0.385 e. The predicted octanol–water partition coefficient (Wildman–Crippen LogP) is 2.63. The fraction of sp³-hybridized carbons (Fsp3) is 0.462. The molecule has 88 valence electrons. The SMILES string of the molecule is CC(C)CCCNc1cccc(C(N)=O)c1. The van der Waals surface area contributed by atoms with Crippen molar-refractivity contribution >= 4 is 11.6 Å². The molecule has 1 amide bonds. The molecule has 0 bridgehead atoms. The summed E-state index contributed by atoms with van der Waals surface area (Å²) < 4.78 is 0. The van der Waals surface area contributed by atoms with Crippen LogP contribution in [0.3, 0.4) is 0 Å². The Morgan fingerprint density at radius 2 is 2.19 bits per heavy atom. The first-order valence-corrected chi connectivity index (χ1v) is 5.73. The van der Waals surface area contributed by atoms with E-state index in [4.69, 9.17) is 5.73 Å². The van der Waals surface area contributed by atoms with Gasteiger partial charge in [0.25, 0.3) is 0 Å². The van der Waals surface area contributed by atoms with E-state index >= 15 is 0 Å². The van der Waals surface area contributed by atoms with Crippen LogP contribution in [0.25, 0.3) is 0 Å². The standard InChI is InChI=1S/C13H20N2O/c1-10(2)5-4-8-15-12-7-3-6-11(9-12)13(14)16/h3,6-7,9-10,15H,4-5,8H2,1-2H3,(H2,14,16). The first kappa shape index (κ1) is 12.6. The summed E-state index contributed by atoms with van der Waals surface area (Å²) in [6.07, 6.45) is 2.35. The molecule has 0 aliphatic carbocycles. The summed E-state index contributed by atoms with van der Waals surface area (Å²) in [5.41, 5.74) is 6.72. The van der Waals surface area contributed by atoms with Crippen molar-refractivity contribution in [3.63, 3.8) is 0 Å². The maximum atomic E-state index is 11.0. The van der Waals surface area contributed by atoms with Gasteiger partial charge in [0, 0.05) is 17.8 Å².